The van der Waals surface area contributed by atoms with Crippen LogP contribution >= 0.6 is 7.82 Å². The van der Waals surface area contributed by atoms with Gasteiger partial charge in [-0.3, -0.25) is 0 Å². The molecule has 0 radical (unpaired) electrons. The molecule has 0 aliphatic heterocycles. The van der Waals surface area contributed by atoms with E-state index in [-0.39, 0.29) is 29.6 Å². The second-order valence-electron chi connectivity index (χ2n) is 5.96. The molecule has 3 N–H and O–H groups in total. The molecular formula is C16H37NaO4PZn. The van der Waals surface area contributed by atoms with E-state index in [1.54, 1.807) is 0 Å². The molecule has 0 heterocycles. The fourth-order valence-electron chi connectivity index (χ4n) is 2.37. The summed E-state index contributed by atoms with van der Waals surface area (Å²) in [5.41, 5.74) is 0. The first kappa shape index (κ1) is 29.5. The number of unbranched alkanes of at least 4 members (excludes halogenated alkanes) is 13. The number of rotatable bonds is 14. The Bertz CT molecular complexity index is 230. The molecule has 0 aromatic rings. The second-order valence-corrected chi connectivity index (χ2v) is 8.47. The van der Waals surface area contributed by atoms with Crippen molar-refractivity contribution in [1.29, 1.82) is 0 Å². The monoisotopic (exact) mass is 411 g/mol. The Hall–Kier alpha value is 1.73. The van der Waals surface area contributed by atoms with E-state index in [1.807, 2.05) is 0 Å². The van der Waals surface area contributed by atoms with Crippen LogP contribution in [0, 0.1) is 0 Å². The van der Waals surface area contributed by atoms with E-state index < -0.39 is 7.82 Å². The molecule has 133 valence electrons. The molecule has 0 atom stereocenters. The molecule has 4 nitrogen and oxygen atoms in total. The fourth-order valence-corrected chi connectivity index (χ4v) is 3.11. The molecule has 0 aliphatic rings. The Morgan fingerprint density at radius 1 is 0.652 bits per heavy atom. The van der Waals surface area contributed by atoms with Crippen LogP contribution in [0.5, 0.6) is 0 Å². The molecule has 0 spiro atoms. The van der Waals surface area contributed by atoms with Crippen molar-refractivity contribution in [1.82, 2.24) is 0 Å². The van der Waals surface area contributed by atoms with Crippen molar-refractivity contribution in [2.75, 3.05) is 0 Å². The van der Waals surface area contributed by atoms with Gasteiger partial charge in [-0.15, -0.1) is 0 Å². The van der Waals surface area contributed by atoms with Gasteiger partial charge in [-0.05, 0) is 0 Å². The van der Waals surface area contributed by atoms with E-state index in [4.69, 9.17) is 19.2 Å². The molecule has 0 fully saturated rings. The van der Waals surface area contributed by atoms with Crippen LogP contribution in [-0.4, -0.2) is 44.2 Å². The van der Waals surface area contributed by atoms with E-state index >= 15 is 0 Å². The summed E-state index contributed by atoms with van der Waals surface area (Å²) in [5, 5.41) is 1.50. The van der Waals surface area contributed by atoms with Gasteiger partial charge in [-0.25, -0.2) is 4.57 Å². The topological polar surface area (TPSA) is 77.8 Å². The molecule has 0 aromatic carbocycles. The molecule has 0 bridgehead atoms. The molecule has 0 unspecified atom stereocenters. The van der Waals surface area contributed by atoms with Gasteiger partial charge in [0.2, 0.25) is 0 Å². The maximum absolute atomic E-state index is 8.88. The van der Waals surface area contributed by atoms with Crippen LogP contribution in [0.2, 0.25) is 5.02 Å². The Balaban J connectivity index is -0.000000578. The average Bonchev–Trinajstić information content (AvgIpc) is 2.42. The number of hydrogen-bond acceptors (Lipinski definition) is 1. The zero-order valence-electron chi connectivity index (χ0n) is 14.5. The standard InChI is InChI=1S/C16H33.Na.H3O4P.Zn.H/c1-3-5-7-9-11-13-15-16-14-12-10-8-6-4-2;;1-5(2,3)4;;/h1,3-16H2,2H3;;(H3,1,2,3,4);;. The van der Waals surface area contributed by atoms with Crippen LogP contribution in [0.3, 0.4) is 0 Å². The van der Waals surface area contributed by atoms with Crippen molar-refractivity contribution in [2.24, 2.45) is 0 Å². The number of phosphoric acid groups is 1. The molecule has 0 aliphatic carbocycles. The van der Waals surface area contributed by atoms with Crippen LogP contribution in [0.15, 0.2) is 0 Å². The van der Waals surface area contributed by atoms with Crippen molar-refractivity contribution in [3.05, 3.63) is 0 Å². The zero-order valence-corrected chi connectivity index (χ0v) is 18.4. The summed E-state index contributed by atoms with van der Waals surface area (Å²) in [4.78, 5) is 21.6. The van der Waals surface area contributed by atoms with Crippen molar-refractivity contribution >= 4 is 37.4 Å². The molecular weight excluding hydrogens is 376 g/mol. The van der Waals surface area contributed by atoms with Crippen LogP contribution in [0.4, 0.5) is 0 Å². The molecule has 0 rings (SSSR count). The summed E-state index contributed by atoms with van der Waals surface area (Å²) in [7, 11) is -4.64. The Kier molecular flexibility index (Phi) is 30.4. The third kappa shape index (κ3) is 45.3. The number of hydrogen-bond donors (Lipinski definition) is 3. The van der Waals surface area contributed by atoms with Gasteiger partial charge >= 0.3 is 131 Å². The van der Waals surface area contributed by atoms with Gasteiger partial charge in [0, 0.05) is 0 Å². The first-order valence-corrected chi connectivity index (χ1v) is 12.7. The van der Waals surface area contributed by atoms with E-state index in [1.165, 1.54) is 113 Å². The first-order valence-electron chi connectivity index (χ1n) is 8.99. The summed E-state index contributed by atoms with van der Waals surface area (Å²) >= 11 is 1.50. The van der Waals surface area contributed by atoms with Crippen LogP contribution in [0.25, 0.3) is 0 Å². The molecule has 0 aromatic heterocycles. The van der Waals surface area contributed by atoms with Gasteiger partial charge in [-0.1, -0.05) is 26.2 Å². The second kappa shape index (κ2) is 23.7. The Labute approximate surface area is 175 Å². The van der Waals surface area contributed by atoms with Crippen molar-refractivity contribution in [2.45, 2.75) is 102 Å². The third-order valence-corrected chi connectivity index (χ3v) is 4.65. The normalized spacial score (nSPS) is 10.7. The summed E-state index contributed by atoms with van der Waals surface area (Å²) in [6.07, 6.45) is 20.7. The van der Waals surface area contributed by atoms with E-state index in [9.17, 15) is 0 Å². The summed E-state index contributed by atoms with van der Waals surface area (Å²) in [6, 6.07) is 0. The van der Waals surface area contributed by atoms with E-state index in [2.05, 4.69) is 6.92 Å². The first-order chi connectivity index (χ1) is 10.4. The van der Waals surface area contributed by atoms with Crippen molar-refractivity contribution < 1.29 is 37.5 Å². The van der Waals surface area contributed by atoms with E-state index in [0.717, 1.165) is 0 Å². The van der Waals surface area contributed by atoms with Crippen LogP contribution < -0.4 is 0 Å². The molecule has 23 heavy (non-hydrogen) atoms. The van der Waals surface area contributed by atoms with Gasteiger partial charge < -0.3 is 14.7 Å². The maximum atomic E-state index is 8.88. The summed E-state index contributed by atoms with van der Waals surface area (Å²) < 4.78 is 8.88. The van der Waals surface area contributed by atoms with Gasteiger partial charge in [0.25, 0.3) is 0 Å². The predicted octanol–water partition coefficient (Wildman–Crippen LogP) is 4.86. The van der Waals surface area contributed by atoms with E-state index in [0.29, 0.717) is 0 Å². The van der Waals surface area contributed by atoms with Gasteiger partial charge in [-0.2, -0.15) is 0 Å². The summed E-state index contributed by atoms with van der Waals surface area (Å²) in [5.74, 6) is 0. The van der Waals surface area contributed by atoms with Crippen LogP contribution in [0.1, 0.15) is 96.8 Å². The van der Waals surface area contributed by atoms with Crippen LogP contribution in [-0.2, 0) is 22.9 Å². The van der Waals surface area contributed by atoms with Gasteiger partial charge in [0.05, 0.1) is 0 Å². The predicted molar refractivity (Wildman–Crippen MR) is 96.5 cm³/mol. The summed E-state index contributed by atoms with van der Waals surface area (Å²) in [6.45, 7) is 2.29. The third-order valence-electron chi connectivity index (χ3n) is 3.60. The molecule has 0 saturated heterocycles. The minimum absolute atomic E-state index is 0. The zero-order chi connectivity index (χ0) is 17.1. The quantitative estimate of drug-likeness (QED) is 0.216. The van der Waals surface area contributed by atoms with Gasteiger partial charge in [0.1, 0.15) is 0 Å². The van der Waals surface area contributed by atoms with Crippen molar-refractivity contribution in [3.8, 4) is 0 Å². The molecule has 7 heteroatoms. The minimum atomic E-state index is -4.64. The Morgan fingerprint density at radius 3 is 1.09 bits per heavy atom. The Morgan fingerprint density at radius 2 is 0.870 bits per heavy atom. The van der Waals surface area contributed by atoms with Crippen molar-refractivity contribution in [3.63, 3.8) is 0 Å². The molecule has 0 saturated carbocycles. The SMILES string of the molecule is CCCCCCCCCCCCCCC[CH2][Zn].O=P(O)(O)O.[NaH]. The average molecular weight is 413 g/mol. The molecule has 0 amide bonds. The van der Waals surface area contributed by atoms with Gasteiger partial charge in [0.15, 0.2) is 0 Å². The fraction of sp³-hybridized carbons (Fsp3) is 1.00.